The van der Waals surface area contributed by atoms with Crippen molar-refractivity contribution in [3.05, 3.63) is 62.5 Å². The Hall–Kier alpha value is -1.69. The van der Waals surface area contributed by atoms with Crippen LogP contribution in [-0.2, 0) is 19.5 Å². The molecule has 0 saturated carbocycles. The summed E-state index contributed by atoms with van der Waals surface area (Å²) in [5.41, 5.74) is 2.05. The molecule has 1 aliphatic rings. The van der Waals surface area contributed by atoms with E-state index in [9.17, 15) is 4.79 Å². The second-order valence-corrected chi connectivity index (χ2v) is 7.06. The Morgan fingerprint density at radius 2 is 2.04 bits per heavy atom. The highest BCUT2D eigenvalue weighted by Crippen LogP contribution is 2.19. The molecule has 0 aliphatic carbocycles. The van der Waals surface area contributed by atoms with Crippen molar-refractivity contribution in [3.63, 3.8) is 0 Å². The van der Waals surface area contributed by atoms with Gasteiger partial charge in [0.1, 0.15) is 10.5 Å². The van der Waals surface area contributed by atoms with Crippen LogP contribution in [0.4, 0.5) is 0 Å². The molecule has 6 heteroatoms. The third kappa shape index (κ3) is 2.80. The molecule has 118 valence electrons. The topological polar surface area (TPSA) is 38.1 Å². The van der Waals surface area contributed by atoms with Crippen molar-refractivity contribution in [1.82, 2.24) is 14.5 Å². The largest absolute Gasteiger partial charge is 0.297 e. The van der Waals surface area contributed by atoms with E-state index < -0.39 is 0 Å². The van der Waals surface area contributed by atoms with Gasteiger partial charge in [0.15, 0.2) is 0 Å². The van der Waals surface area contributed by atoms with Gasteiger partial charge in [-0.15, -0.1) is 11.3 Å². The smallest absolute Gasteiger partial charge is 0.271 e. The first-order valence-electron chi connectivity index (χ1n) is 7.65. The molecule has 1 aliphatic heterocycles. The summed E-state index contributed by atoms with van der Waals surface area (Å²) in [7, 11) is 0. The van der Waals surface area contributed by atoms with E-state index in [0.717, 1.165) is 52.7 Å². The lowest BCUT2D eigenvalue weighted by Crippen LogP contribution is -2.28. The minimum atomic E-state index is 0.0968. The van der Waals surface area contributed by atoms with Crippen molar-refractivity contribution in [2.75, 3.05) is 13.1 Å². The highest BCUT2D eigenvalue weighted by Gasteiger charge is 2.18. The molecule has 0 saturated heterocycles. The molecule has 0 atom stereocenters. The zero-order chi connectivity index (χ0) is 15.8. The van der Waals surface area contributed by atoms with Gasteiger partial charge in [-0.3, -0.25) is 14.3 Å². The first kappa shape index (κ1) is 14.9. The van der Waals surface area contributed by atoms with Crippen LogP contribution >= 0.6 is 22.9 Å². The third-order valence-corrected chi connectivity index (χ3v) is 5.55. The molecule has 0 amide bonds. The number of halogens is 1. The summed E-state index contributed by atoms with van der Waals surface area (Å²) in [5.74, 6) is 0.891. The normalized spacial score (nSPS) is 15.5. The lowest BCUT2D eigenvalue weighted by Gasteiger charge is -2.19. The molecule has 4 rings (SSSR count). The number of hydrogen-bond acceptors (Lipinski definition) is 4. The Balaban J connectivity index is 1.60. The van der Waals surface area contributed by atoms with Crippen LogP contribution in [0.15, 0.2) is 40.5 Å². The van der Waals surface area contributed by atoms with Crippen LogP contribution in [0, 0.1) is 0 Å². The van der Waals surface area contributed by atoms with Crippen molar-refractivity contribution in [3.8, 4) is 0 Å². The number of aromatic nitrogens is 2. The van der Waals surface area contributed by atoms with E-state index in [4.69, 9.17) is 11.6 Å². The second-order valence-electron chi connectivity index (χ2n) is 5.74. The van der Waals surface area contributed by atoms with Crippen molar-refractivity contribution in [2.24, 2.45) is 0 Å². The number of hydrogen-bond donors (Lipinski definition) is 0. The molecule has 23 heavy (non-hydrogen) atoms. The Bertz CT molecular complexity index is 918. The van der Waals surface area contributed by atoms with E-state index >= 15 is 0 Å². The molecule has 3 heterocycles. The van der Waals surface area contributed by atoms with Gasteiger partial charge >= 0.3 is 0 Å². The molecule has 3 aromatic rings. The Labute approximate surface area is 143 Å². The van der Waals surface area contributed by atoms with Crippen LogP contribution in [0.5, 0.6) is 0 Å². The average molecular weight is 346 g/mol. The van der Waals surface area contributed by atoms with Gasteiger partial charge in [-0.25, -0.2) is 4.98 Å². The van der Waals surface area contributed by atoms with E-state index in [2.05, 4.69) is 16.0 Å². The van der Waals surface area contributed by atoms with Crippen LogP contribution in [-0.4, -0.2) is 27.5 Å². The van der Waals surface area contributed by atoms with E-state index in [-0.39, 0.29) is 5.56 Å². The Morgan fingerprint density at radius 1 is 1.17 bits per heavy atom. The fourth-order valence-electron chi connectivity index (χ4n) is 3.05. The summed E-state index contributed by atoms with van der Waals surface area (Å²) in [5, 5.41) is 2.73. The van der Waals surface area contributed by atoms with Gasteiger partial charge < -0.3 is 0 Å². The maximum atomic E-state index is 12.6. The fraction of sp³-hybridized carbons (Fsp3) is 0.294. The maximum absolute atomic E-state index is 12.6. The van der Waals surface area contributed by atoms with Gasteiger partial charge in [-0.05, 0) is 23.1 Å². The van der Waals surface area contributed by atoms with Crippen molar-refractivity contribution in [2.45, 2.75) is 19.5 Å². The first-order chi connectivity index (χ1) is 11.2. The molecule has 0 spiro atoms. The number of benzene rings is 1. The lowest BCUT2D eigenvalue weighted by atomic mass is 10.2. The first-order valence-corrected chi connectivity index (χ1v) is 8.91. The summed E-state index contributed by atoms with van der Waals surface area (Å²) in [6.45, 7) is 3.19. The molecular formula is C17H16ClN3OS. The van der Waals surface area contributed by atoms with Crippen LogP contribution in [0.3, 0.4) is 0 Å². The average Bonchev–Trinajstić information content (AvgIpc) is 2.93. The molecule has 2 aromatic heterocycles. The van der Waals surface area contributed by atoms with Gasteiger partial charge in [-0.1, -0.05) is 29.8 Å². The van der Waals surface area contributed by atoms with Crippen molar-refractivity contribution >= 4 is 33.2 Å². The predicted molar refractivity (Wildman–Crippen MR) is 94.3 cm³/mol. The summed E-state index contributed by atoms with van der Waals surface area (Å²) in [6, 6.07) is 9.85. The zero-order valence-corrected chi connectivity index (χ0v) is 14.1. The van der Waals surface area contributed by atoms with E-state index in [1.165, 1.54) is 11.3 Å². The Morgan fingerprint density at radius 3 is 2.91 bits per heavy atom. The Kier molecular flexibility index (Phi) is 3.93. The molecule has 0 N–H and O–H groups in total. The number of nitrogens with zero attached hydrogens (tertiary/aromatic N) is 3. The molecule has 4 nitrogen and oxygen atoms in total. The SMILES string of the molecule is O=c1c2sccc2nc2n1CCN(Cc1ccccc1Cl)CC2. The summed E-state index contributed by atoms with van der Waals surface area (Å²) in [4.78, 5) is 19.6. The maximum Gasteiger partial charge on any atom is 0.271 e. The molecule has 0 radical (unpaired) electrons. The van der Waals surface area contributed by atoms with Gasteiger partial charge in [0, 0.05) is 37.6 Å². The molecule has 1 aromatic carbocycles. The number of rotatable bonds is 2. The number of thiophene rings is 1. The second kappa shape index (κ2) is 6.07. The minimum absolute atomic E-state index is 0.0968. The molecule has 0 bridgehead atoms. The summed E-state index contributed by atoms with van der Waals surface area (Å²) >= 11 is 7.73. The van der Waals surface area contributed by atoms with Crippen molar-refractivity contribution < 1.29 is 0 Å². The fourth-order valence-corrected chi connectivity index (χ4v) is 4.02. The van der Waals surface area contributed by atoms with E-state index in [1.807, 2.05) is 34.2 Å². The molecule has 0 fully saturated rings. The third-order valence-electron chi connectivity index (χ3n) is 4.29. The predicted octanol–water partition coefficient (Wildman–Crippen LogP) is 3.17. The molecule has 0 unspecified atom stereocenters. The lowest BCUT2D eigenvalue weighted by molar-refractivity contribution is 0.271. The highest BCUT2D eigenvalue weighted by molar-refractivity contribution is 7.17. The number of fused-ring (bicyclic) bond motifs is 2. The van der Waals surface area contributed by atoms with Gasteiger partial charge in [0.25, 0.3) is 5.56 Å². The highest BCUT2D eigenvalue weighted by atomic mass is 35.5. The van der Waals surface area contributed by atoms with Crippen LogP contribution in [0.25, 0.3) is 10.2 Å². The monoisotopic (exact) mass is 345 g/mol. The van der Waals surface area contributed by atoms with E-state index in [1.54, 1.807) is 0 Å². The van der Waals surface area contributed by atoms with Crippen LogP contribution in [0.2, 0.25) is 5.02 Å². The van der Waals surface area contributed by atoms with Crippen LogP contribution < -0.4 is 5.56 Å². The van der Waals surface area contributed by atoms with Gasteiger partial charge in [-0.2, -0.15) is 0 Å². The van der Waals surface area contributed by atoms with Gasteiger partial charge in [0.2, 0.25) is 0 Å². The zero-order valence-electron chi connectivity index (χ0n) is 12.5. The molecular weight excluding hydrogens is 330 g/mol. The van der Waals surface area contributed by atoms with E-state index in [0.29, 0.717) is 6.54 Å². The summed E-state index contributed by atoms with van der Waals surface area (Å²) in [6.07, 6.45) is 0.783. The van der Waals surface area contributed by atoms with Crippen molar-refractivity contribution in [1.29, 1.82) is 0 Å². The quantitative estimate of drug-likeness (QED) is 0.716. The summed E-state index contributed by atoms with van der Waals surface area (Å²) < 4.78 is 2.60. The van der Waals surface area contributed by atoms with Gasteiger partial charge in [0.05, 0.1) is 5.52 Å². The standard InChI is InChI=1S/C17H16ClN3OS/c18-13-4-2-1-3-12(13)11-20-7-5-15-19-14-6-10-23-16(14)17(22)21(15)9-8-20/h1-4,6,10H,5,7-9,11H2. The minimum Gasteiger partial charge on any atom is -0.297 e. The van der Waals surface area contributed by atoms with Crippen LogP contribution in [0.1, 0.15) is 11.4 Å².